The van der Waals surface area contributed by atoms with Gasteiger partial charge in [-0.05, 0) is 81.3 Å². The van der Waals surface area contributed by atoms with Crippen molar-refractivity contribution in [2.45, 2.75) is 75.9 Å². The third kappa shape index (κ3) is 18.6. The number of nitrogens with one attached hydrogen (secondary N) is 9. The number of carbonyl (C=O) groups is 6. The Kier molecular flexibility index (Phi) is 24.1. The summed E-state index contributed by atoms with van der Waals surface area (Å²) in [6, 6.07) is -2.55. The number of nitrogens with zero attached hydrogens (tertiary/aromatic N) is 3. The number of aromatic amines is 2. The molecule has 1 aliphatic rings. The van der Waals surface area contributed by atoms with Crippen molar-refractivity contribution in [3.8, 4) is 0 Å². The molecule has 0 radical (unpaired) electrons. The Morgan fingerprint density at radius 3 is 1.38 bits per heavy atom. The molecular formula is C40H64N12O6S3. The summed E-state index contributed by atoms with van der Waals surface area (Å²) in [5.41, 5.74) is 2.38. The lowest BCUT2D eigenvalue weighted by Crippen LogP contribution is -2.54. The molecule has 1 unspecified atom stereocenters. The summed E-state index contributed by atoms with van der Waals surface area (Å²) >= 11 is 4.63. The highest BCUT2D eigenvalue weighted by Gasteiger charge is 2.41. The van der Waals surface area contributed by atoms with E-state index in [2.05, 4.69) is 68.9 Å². The third-order valence-corrected chi connectivity index (χ3v) is 12.2. The van der Waals surface area contributed by atoms with Crippen LogP contribution in [0.5, 0.6) is 0 Å². The number of carbonyl (C=O) groups excluding carboxylic acids is 6. The zero-order valence-electron chi connectivity index (χ0n) is 35.7. The van der Waals surface area contributed by atoms with Crippen LogP contribution in [0.2, 0.25) is 0 Å². The van der Waals surface area contributed by atoms with Crippen molar-refractivity contribution in [1.82, 2.24) is 57.2 Å². The van der Waals surface area contributed by atoms with E-state index in [4.69, 9.17) is 0 Å². The quantitative estimate of drug-likeness (QED) is 0.0522. The Bertz CT molecular complexity index is 1610. The van der Waals surface area contributed by atoms with E-state index in [-0.39, 0.29) is 43.5 Å². The van der Waals surface area contributed by atoms with Crippen LogP contribution in [0, 0.1) is 17.8 Å². The monoisotopic (exact) mass is 904 g/mol. The summed E-state index contributed by atoms with van der Waals surface area (Å²) in [5.74, 6) is -3.01. The zero-order valence-corrected chi connectivity index (χ0v) is 38.1. The smallest absolute Gasteiger partial charge is 0.242 e. The van der Waals surface area contributed by atoms with Gasteiger partial charge in [0.05, 0.1) is 18.4 Å². The van der Waals surface area contributed by atoms with Gasteiger partial charge in [-0.3, -0.25) is 33.8 Å². The molecule has 9 N–H and O–H groups in total. The minimum atomic E-state index is -0.863. The second kappa shape index (κ2) is 28.9. The first-order valence-electron chi connectivity index (χ1n) is 20.5. The fourth-order valence-corrected chi connectivity index (χ4v) is 8.29. The second-order valence-electron chi connectivity index (χ2n) is 14.7. The van der Waals surface area contributed by atoms with Gasteiger partial charge in [0.2, 0.25) is 35.4 Å². The molecule has 0 aromatic carbocycles. The zero-order chi connectivity index (χ0) is 44.4. The molecule has 2 aromatic heterocycles. The van der Waals surface area contributed by atoms with Crippen molar-refractivity contribution in [3.63, 3.8) is 0 Å². The maximum atomic E-state index is 14.2. The normalized spacial score (nSPS) is 17.8. The van der Waals surface area contributed by atoms with E-state index in [1.807, 2.05) is 18.8 Å². The maximum Gasteiger partial charge on any atom is 0.242 e. The van der Waals surface area contributed by atoms with Crippen molar-refractivity contribution >= 4 is 77.4 Å². The number of hydrogen-bond acceptors (Lipinski definition) is 13. The topological polar surface area (TPSA) is 256 Å². The standard InChI is InChI=1S/C40H64N12O6S3/c1-41-21-29(42-2)6-12-45-38(56)32(9-15-59-3)50-35(53)26-18-27(36(54)51-33(10-16-60-4)39(57)46-13-7-30-22-43-24-48-30)20-28(19-26)37(55)52-34(11-17-61-5)40(58)47-14-8-31-23-44-25-49-31/h21-28,32-34,41H,2,6-20H2,1,3-5H3,(H,43,48)(H,44,49)(H,45,56)(H,46,57)(H,47,58)(H,50,53)(H,51,54)(H,52,55)/b29-21-/t26?,27-,28+,32-,33-,34-/m0/s1. The molecular weight excluding hydrogens is 841 g/mol. The van der Waals surface area contributed by atoms with Crippen molar-refractivity contribution in [2.75, 3.05) is 62.7 Å². The predicted octanol–water partition coefficient (Wildman–Crippen LogP) is 1.16. The average Bonchev–Trinajstić information content (AvgIpc) is 3.99. The number of rotatable bonds is 29. The molecule has 6 amide bonds. The lowest BCUT2D eigenvalue weighted by molar-refractivity contribution is -0.139. The van der Waals surface area contributed by atoms with E-state index in [1.54, 1.807) is 61.8 Å². The highest BCUT2D eigenvalue weighted by Crippen LogP contribution is 2.35. The summed E-state index contributed by atoms with van der Waals surface area (Å²) in [4.78, 5) is 101. The molecule has 0 saturated heterocycles. The third-order valence-electron chi connectivity index (χ3n) is 10.2. The van der Waals surface area contributed by atoms with Gasteiger partial charge in [-0.25, -0.2) is 9.97 Å². The molecule has 2 heterocycles. The fourth-order valence-electron chi connectivity index (χ4n) is 6.87. The maximum absolute atomic E-state index is 14.2. The Morgan fingerprint density at radius 1 is 0.689 bits per heavy atom. The van der Waals surface area contributed by atoms with E-state index in [1.165, 1.54) is 11.8 Å². The second-order valence-corrected chi connectivity index (χ2v) is 17.6. The molecule has 3 rings (SSSR count). The predicted molar refractivity (Wildman–Crippen MR) is 244 cm³/mol. The van der Waals surface area contributed by atoms with Gasteiger partial charge < -0.3 is 47.2 Å². The minimum absolute atomic E-state index is 0.0994. The first-order chi connectivity index (χ1) is 29.5. The Labute approximate surface area is 371 Å². The summed E-state index contributed by atoms with van der Waals surface area (Å²) < 4.78 is 0. The average molecular weight is 905 g/mol. The highest BCUT2D eigenvalue weighted by molar-refractivity contribution is 7.98. The van der Waals surface area contributed by atoms with Crippen LogP contribution in [0.25, 0.3) is 0 Å². The summed E-state index contributed by atoms with van der Waals surface area (Å²) in [5, 5.41) is 20.4. The van der Waals surface area contributed by atoms with Crippen LogP contribution in [0.3, 0.4) is 0 Å². The lowest BCUT2D eigenvalue weighted by atomic mass is 9.73. The van der Waals surface area contributed by atoms with Gasteiger partial charge in [-0.1, -0.05) is 0 Å². The van der Waals surface area contributed by atoms with Crippen LogP contribution < -0.4 is 37.2 Å². The van der Waals surface area contributed by atoms with E-state index in [0.29, 0.717) is 74.6 Å². The van der Waals surface area contributed by atoms with Crippen LogP contribution in [-0.4, -0.2) is 143 Å². The number of thioether (sulfide) groups is 3. The Hall–Kier alpha value is -4.50. The molecule has 2 aromatic rings. The summed E-state index contributed by atoms with van der Waals surface area (Å²) in [6.45, 7) is 4.50. The molecule has 0 aliphatic heterocycles. The van der Waals surface area contributed by atoms with Gasteiger partial charge in [-0.15, -0.1) is 0 Å². The van der Waals surface area contributed by atoms with Crippen molar-refractivity contribution in [1.29, 1.82) is 0 Å². The van der Waals surface area contributed by atoms with E-state index < -0.39 is 53.6 Å². The van der Waals surface area contributed by atoms with Gasteiger partial charge >= 0.3 is 0 Å². The van der Waals surface area contributed by atoms with Crippen LogP contribution in [0.15, 0.2) is 41.9 Å². The molecule has 61 heavy (non-hydrogen) atoms. The van der Waals surface area contributed by atoms with Crippen molar-refractivity contribution < 1.29 is 28.8 Å². The Balaban J connectivity index is 1.81. The van der Waals surface area contributed by atoms with E-state index in [9.17, 15) is 28.8 Å². The van der Waals surface area contributed by atoms with Gasteiger partial charge in [0.1, 0.15) is 18.1 Å². The molecule has 1 saturated carbocycles. The summed E-state index contributed by atoms with van der Waals surface area (Å²) in [7, 11) is 1.74. The molecule has 21 heteroatoms. The van der Waals surface area contributed by atoms with Gasteiger partial charge in [0, 0.05) is 93.7 Å². The molecule has 1 aliphatic carbocycles. The van der Waals surface area contributed by atoms with Gasteiger partial charge in [-0.2, -0.15) is 35.3 Å². The number of amides is 6. The van der Waals surface area contributed by atoms with Crippen molar-refractivity contribution in [3.05, 3.63) is 48.3 Å². The van der Waals surface area contributed by atoms with Crippen LogP contribution >= 0.6 is 35.3 Å². The Morgan fingerprint density at radius 2 is 1.07 bits per heavy atom. The highest BCUT2D eigenvalue weighted by atomic mass is 32.2. The fraction of sp³-hybridized carbons (Fsp3) is 0.625. The molecule has 1 fully saturated rings. The molecule has 6 atom stereocenters. The van der Waals surface area contributed by atoms with E-state index >= 15 is 0 Å². The largest absolute Gasteiger partial charge is 0.393 e. The minimum Gasteiger partial charge on any atom is -0.393 e. The number of aromatic nitrogens is 4. The molecule has 18 nitrogen and oxygen atoms in total. The number of imidazole rings is 2. The number of hydrogen-bond donors (Lipinski definition) is 9. The molecule has 0 spiro atoms. The van der Waals surface area contributed by atoms with E-state index in [0.717, 1.165) is 11.4 Å². The molecule has 338 valence electrons. The lowest BCUT2D eigenvalue weighted by Gasteiger charge is -2.35. The summed E-state index contributed by atoms with van der Waals surface area (Å²) in [6.07, 6.45) is 16.8. The van der Waals surface area contributed by atoms with Gasteiger partial charge in [0.15, 0.2) is 0 Å². The number of aliphatic imine (C=N–C) groups is 1. The van der Waals surface area contributed by atoms with Gasteiger partial charge in [0.25, 0.3) is 0 Å². The SMILES string of the molecule is C=N/C(=C\NC)CCNC(=O)[C@H](CCSC)NC(=O)C1C[C@@H](C(=O)N[C@@H](CCSC)C(=O)NCCc2cnc[nH]2)C[C@@H](C(=O)N[C@@H](CCSC)C(=O)NCCc2cnc[nH]2)C1. The van der Waals surface area contributed by atoms with Crippen LogP contribution in [0.1, 0.15) is 56.3 Å². The number of H-pyrrole nitrogens is 2. The van der Waals surface area contributed by atoms with Crippen LogP contribution in [0.4, 0.5) is 0 Å². The first-order valence-corrected chi connectivity index (χ1v) is 24.7. The van der Waals surface area contributed by atoms with Crippen LogP contribution in [-0.2, 0) is 41.6 Å². The molecule has 0 bridgehead atoms. The first kappa shape index (κ1) is 50.9. The van der Waals surface area contributed by atoms with Crippen molar-refractivity contribution in [2.24, 2.45) is 22.7 Å².